The molecule has 0 fully saturated rings. The van der Waals surface area contributed by atoms with Gasteiger partial charge in [0.25, 0.3) is 0 Å². The van der Waals surface area contributed by atoms with E-state index in [2.05, 4.69) is 9.97 Å². The standard InChI is InChI=1S/C19H20N2O4/c1-10(2)19-20-15(12-5-7-13(24-4)8-6-12)16(21-19)18-17(23)14(22)9-11(3)25-18/h5-10,23H,1-4H3,(H,20,21). The van der Waals surface area contributed by atoms with E-state index in [0.717, 1.165) is 17.1 Å². The van der Waals surface area contributed by atoms with E-state index in [1.165, 1.54) is 6.07 Å². The number of aromatic hydroxyl groups is 1. The van der Waals surface area contributed by atoms with Gasteiger partial charge >= 0.3 is 0 Å². The number of aromatic nitrogens is 2. The van der Waals surface area contributed by atoms with Gasteiger partial charge in [0, 0.05) is 17.5 Å². The van der Waals surface area contributed by atoms with Crippen molar-refractivity contribution in [1.82, 2.24) is 9.97 Å². The fourth-order valence-corrected chi connectivity index (χ4v) is 2.56. The highest BCUT2D eigenvalue weighted by Gasteiger charge is 2.22. The van der Waals surface area contributed by atoms with Crippen molar-refractivity contribution in [1.29, 1.82) is 0 Å². The van der Waals surface area contributed by atoms with Crippen LogP contribution in [0.3, 0.4) is 0 Å². The largest absolute Gasteiger partial charge is 0.501 e. The molecule has 2 heterocycles. The summed E-state index contributed by atoms with van der Waals surface area (Å²) < 4.78 is 10.8. The van der Waals surface area contributed by atoms with Gasteiger partial charge in [0.05, 0.1) is 12.8 Å². The molecule has 3 rings (SSSR count). The second-order valence-electron chi connectivity index (χ2n) is 6.13. The highest BCUT2D eigenvalue weighted by Crippen LogP contribution is 2.36. The summed E-state index contributed by atoms with van der Waals surface area (Å²) in [5.74, 6) is 1.69. The minimum Gasteiger partial charge on any atom is -0.501 e. The van der Waals surface area contributed by atoms with E-state index in [1.54, 1.807) is 14.0 Å². The first kappa shape index (κ1) is 16.8. The van der Waals surface area contributed by atoms with Crippen LogP contribution in [0.1, 0.15) is 31.4 Å². The maximum absolute atomic E-state index is 11.9. The van der Waals surface area contributed by atoms with Gasteiger partial charge < -0.3 is 19.2 Å². The summed E-state index contributed by atoms with van der Waals surface area (Å²) in [6.45, 7) is 5.68. The zero-order chi connectivity index (χ0) is 18.1. The molecule has 0 aliphatic rings. The van der Waals surface area contributed by atoms with Gasteiger partial charge in [-0.1, -0.05) is 13.8 Å². The number of benzene rings is 1. The van der Waals surface area contributed by atoms with Crippen LogP contribution >= 0.6 is 0 Å². The van der Waals surface area contributed by atoms with Crippen LogP contribution in [-0.2, 0) is 0 Å². The van der Waals surface area contributed by atoms with Gasteiger partial charge in [-0.25, -0.2) is 4.98 Å². The van der Waals surface area contributed by atoms with Gasteiger partial charge in [0.1, 0.15) is 23.0 Å². The van der Waals surface area contributed by atoms with Gasteiger partial charge in [-0.05, 0) is 31.2 Å². The Hall–Kier alpha value is -3.02. The Bertz CT molecular complexity index is 953. The first-order valence-corrected chi connectivity index (χ1v) is 7.99. The lowest BCUT2D eigenvalue weighted by Crippen LogP contribution is -2.01. The normalized spacial score (nSPS) is 11.1. The van der Waals surface area contributed by atoms with E-state index in [-0.39, 0.29) is 11.7 Å². The molecule has 130 valence electrons. The third-order valence-electron chi connectivity index (χ3n) is 3.91. The lowest BCUT2D eigenvalue weighted by atomic mass is 10.1. The molecule has 0 amide bonds. The number of H-pyrrole nitrogens is 1. The molecule has 0 saturated heterocycles. The van der Waals surface area contributed by atoms with Gasteiger partial charge in [-0.2, -0.15) is 0 Å². The minimum atomic E-state index is -0.486. The number of nitrogens with one attached hydrogen (secondary N) is 1. The maximum atomic E-state index is 11.9. The fraction of sp³-hybridized carbons (Fsp3) is 0.263. The summed E-state index contributed by atoms with van der Waals surface area (Å²) in [6.07, 6.45) is 0. The summed E-state index contributed by atoms with van der Waals surface area (Å²) in [4.78, 5) is 19.8. The monoisotopic (exact) mass is 340 g/mol. The van der Waals surface area contributed by atoms with Crippen LogP contribution in [0.5, 0.6) is 11.5 Å². The predicted octanol–water partition coefficient (Wildman–Crippen LogP) is 3.84. The Labute approximate surface area is 145 Å². The average Bonchev–Trinajstić information content (AvgIpc) is 3.03. The van der Waals surface area contributed by atoms with Crippen LogP contribution in [0.4, 0.5) is 0 Å². The molecule has 0 atom stereocenters. The Morgan fingerprint density at radius 2 is 1.92 bits per heavy atom. The highest BCUT2D eigenvalue weighted by molar-refractivity contribution is 5.78. The summed E-state index contributed by atoms with van der Waals surface area (Å²) in [5, 5.41) is 10.2. The zero-order valence-corrected chi connectivity index (χ0v) is 14.6. The molecule has 3 aromatic rings. The number of rotatable bonds is 4. The van der Waals surface area contributed by atoms with Crippen LogP contribution in [0.25, 0.3) is 22.7 Å². The van der Waals surface area contributed by atoms with Crippen LogP contribution < -0.4 is 10.2 Å². The van der Waals surface area contributed by atoms with Crippen LogP contribution in [0.15, 0.2) is 39.5 Å². The number of imidazole rings is 1. The minimum absolute atomic E-state index is 0.0928. The molecule has 2 aromatic heterocycles. The molecular formula is C19H20N2O4. The van der Waals surface area contributed by atoms with E-state index in [9.17, 15) is 9.90 Å². The second-order valence-corrected chi connectivity index (χ2v) is 6.13. The first-order chi connectivity index (χ1) is 11.9. The molecule has 0 radical (unpaired) electrons. The fourth-order valence-electron chi connectivity index (χ4n) is 2.56. The average molecular weight is 340 g/mol. The third-order valence-corrected chi connectivity index (χ3v) is 3.91. The summed E-state index contributed by atoms with van der Waals surface area (Å²) >= 11 is 0. The smallest absolute Gasteiger partial charge is 0.227 e. The number of ether oxygens (including phenoxy) is 1. The molecule has 6 heteroatoms. The molecule has 25 heavy (non-hydrogen) atoms. The summed E-state index contributed by atoms with van der Waals surface area (Å²) in [6, 6.07) is 8.65. The molecule has 2 N–H and O–H groups in total. The lowest BCUT2D eigenvalue weighted by Gasteiger charge is -2.06. The second kappa shape index (κ2) is 6.47. The van der Waals surface area contributed by atoms with Crippen molar-refractivity contribution in [3.05, 3.63) is 52.1 Å². The molecule has 0 spiro atoms. The number of hydrogen-bond donors (Lipinski definition) is 2. The van der Waals surface area contributed by atoms with Crippen molar-refractivity contribution in [2.75, 3.05) is 7.11 Å². The van der Waals surface area contributed by atoms with Crippen molar-refractivity contribution in [2.45, 2.75) is 26.7 Å². The highest BCUT2D eigenvalue weighted by atomic mass is 16.5. The Balaban J connectivity index is 2.24. The number of aromatic amines is 1. The number of methoxy groups -OCH3 is 1. The number of aryl methyl sites for hydroxylation is 1. The first-order valence-electron chi connectivity index (χ1n) is 7.99. The number of hydrogen-bond acceptors (Lipinski definition) is 5. The van der Waals surface area contributed by atoms with Crippen LogP contribution in [0.2, 0.25) is 0 Å². The van der Waals surface area contributed by atoms with Gasteiger partial charge in [-0.3, -0.25) is 4.79 Å². The van der Waals surface area contributed by atoms with E-state index < -0.39 is 11.2 Å². The summed E-state index contributed by atoms with van der Waals surface area (Å²) in [5.41, 5.74) is 1.42. The van der Waals surface area contributed by atoms with E-state index in [0.29, 0.717) is 17.1 Å². The van der Waals surface area contributed by atoms with Gasteiger partial charge in [0.2, 0.25) is 11.2 Å². The zero-order valence-electron chi connectivity index (χ0n) is 14.6. The Morgan fingerprint density at radius 3 is 2.52 bits per heavy atom. The molecule has 0 bridgehead atoms. The summed E-state index contributed by atoms with van der Waals surface area (Å²) in [7, 11) is 1.60. The van der Waals surface area contributed by atoms with Crippen LogP contribution in [-0.4, -0.2) is 22.2 Å². The topological polar surface area (TPSA) is 88.4 Å². The van der Waals surface area contributed by atoms with E-state index >= 15 is 0 Å². The maximum Gasteiger partial charge on any atom is 0.227 e. The van der Waals surface area contributed by atoms with Crippen molar-refractivity contribution in [2.24, 2.45) is 0 Å². The molecule has 6 nitrogen and oxygen atoms in total. The van der Waals surface area contributed by atoms with E-state index in [1.807, 2.05) is 38.1 Å². The van der Waals surface area contributed by atoms with Crippen molar-refractivity contribution < 1.29 is 14.3 Å². The Morgan fingerprint density at radius 1 is 1.24 bits per heavy atom. The molecule has 0 saturated carbocycles. The molecule has 1 aromatic carbocycles. The SMILES string of the molecule is COc1ccc(-c2nc(C(C)C)[nH]c2-c2oc(C)cc(=O)c2O)cc1. The Kier molecular flexibility index (Phi) is 4.35. The van der Waals surface area contributed by atoms with Crippen molar-refractivity contribution >= 4 is 0 Å². The molecule has 0 unspecified atom stereocenters. The van der Waals surface area contributed by atoms with Crippen molar-refractivity contribution in [3.63, 3.8) is 0 Å². The van der Waals surface area contributed by atoms with Crippen molar-refractivity contribution in [3.8, 4) is 34.2 Å². The molecular weight excluding hydrogens is 320 g/mol. The quantitative estimate of drug-likeness (QED) is 0.753. The molecule has 0 aliphatic carbocycles. The lowest BCUT2D eigenvalue weighted by molar-refractivity contribution is 0.415. The predicted molar refractivity (Wildman–Crippen MR) is 95.0 cm³/mol. The van der Waals surface area contributed by atoms with Gasteiger partial charge in [0.15, 0.2) is 5.76 Å². The number of nitrogens with zero attached hydrogens (tertiary/aromatic N) is 1. The third kappa shape index (κ3) is 3.15. The van der Waals surface area contributed by atoms with E-state index in [4.69, 9.17) is 9.15 Å². The molecule has 0 aliphatic heterocycles. The van der Waals surface area contributed by atoms with Crippen LogP contribution in [0, 0.1) is 6.92 Å². The van der Waals surface area contributed by atoms with Gasteiger partial charge in [-0.15, -0.1) is 0 Å².